The molecule has 0 heterocycles. The highest BCUT2D eigenvalue weighted by Crippen LogP contribution is 2.04. The Kier molecular flexibility index (Phi) is 5.57. The maximum absolute atomic E-state index is 8.80. The van der Waals surface area contributed by atoms with Crippen LogP contribution in [-0.2, 0) is 6.42 Å². The van der Waals surface area contributed by atoms with Crippen LogP contribution >= 0.6 is 0 Å². The van der Waals surface area contributed by atoms with E-state index >= 15 is 0 Å². The van der Waals surface area contributed by atoms with Crippen LogP contribution in [0.1, 0.15) is 17.5 Å². The minimum Gasteiger partial charge on any atom is -0.396 e. The van der Waals surface area contributed by atoms with Crippen LogP contribution < -0.4 is 0 Å². The van der Waals surface area contributed by atoms with Gasteiger partial charge in [-0.25, -0.2) is 0 Å². The molecule has 0 saturated carbocycles. The van der Waals surface area contributed by atoms with Crippen molar-refractivity contribution in [3.05, 3.63) is 45.8 Å². The molecule has 0 aliphatic rings. The van der Waals surface area contributed by atoms with Gasteiger partial charge in [-0.15, -0.1) is 0 Å². The molecule has 1 aromatic rings. The first-order chi connectivity index (χ1) is 7.86. The summed E-state index contributed by atoms with van der Waals surface area (Å²) < 4.78 is 0. The van der Waals surface area contributed by atoms with E-state index in [1.165, 1.54) is 0 Å². The first-order valence-electron chi connectivity index (χ1n) is 5.06. The summed E-state index contributed by atoms with van der Waals surface area (Å²) in [4.78, 5) is 2.65. The van der Waals surface area contributed by atoms with Gasteiger partial charge in [0.05, 0.1) is 0 Å². The van der Waals surface area contributed by atoms with Gasteiger partial charge < -0.3 is 5.11 Å². The van der Waals surface area contributed by atoms with Crippen LogP contribution in [-0.4, -0.2) is 18.3 Å². The lowest BCUT2D eigenvalue weighted by molar-refractivity contribution is 0.299. The standard InChI is InChI=1S/C12H13N3O/c13-15-14-8-2-1-4-11-5-3-6-12(10-11)7-9-16/h3,5-6,10,16H,2,7-9H2. The lowest BCUT2D eigenvalue weighted by Gasteiger charge is -1.97. The lowest BCUT2D eigenvalue weighted by Crippen LogP contribution is -1.90. The minimum absolute atomic E-state index is 0.147. The van der Waals surface area contributed by atoms with E-state index in [0.29, 0.717) is 19.4 Å². The highest BCUT2D eigenvalue weighted by Gasteiger charge is 1.92. The topological polar surface area (TPSA) is 69.0 Å². The maximum Gasteiger partial charge on any atom is 0.0471 e. The van der Waals surface area contributed by atoms with Crippen LogP contribution in [0.4, 0.5) is 0 Å². The van der Waals surface area contributed by atoms with Gasteiger partial charge in [-0.05, 0) is 29.6 Å². The van der Waals surface area contributed by atoms with E-state index in [-0.39, 0.29) is 6.61 Å². The van der Waals surface area contributed by atoms with E-state index in [9.17, 15) is 0 Å². The van der Waals surface area contributed by atoms with Gasteiger partial charge >= 0.3 is 0 Å². The van der Waals surface area contributed by atoms with Crippen LogP contribution in [0.5, 0.6) is 0 Å². The number of azide groups is 1. The van der Waals surface area contributed by atoms with Gasteiger partial charge in [-0.3, -0.25) is 0 Å². The molecular formula is C12H13N3O. The number of nitrogens with zero attached hydrogens (tertiary/aromatic N) is 3. The Balaban J connectivity index is 2.58. The predicted molar refractivity (Wildman–Crippen MR) is 62.7 cm³/mol. The second kappa shape index (κ2) is 7.36. The Labute approximate surface area is 94.5 Å². The molecule has 4 nitrogen and oxygen atoms in total. The number of rotatable bonds is 4. The van der Waals surface area contributed by atoms with Crippen LogP contribution in [0, 0.1) is 11.8 Å². The predicted octanol–water partition coefficient (Wildman–Crippen LogP) is 2.27. The quantitative estimate of drug-likeness (QED) is 0.270. The summed E-state index contributed by atoms with van der Waals surface area (Å²) in [6.07, 6.45) is 1.21. The Hall–Kier alpha value is -1.95. The summed E-state index contributed by atoms with van der Waals surface area (Å²) >= 11 is 0. The van der Waals surface area contributed by atoms with Gasteiger partial charge in [0.2, 0.25) is 0 Å². The molecule has 0 aliphatic carbocycles. The van der Waals surface area contributed by atoms with Crippen molar-refractivity contribution in [1.82, 2.24) is 0 Å². The van der Waals surface area contributed by atoms with E-state index in [2.05, 4.69) is 21.9 Å². The van der Waals surface area contributed by atoms with Crippen molar-refractivity contribution in [3.8, 4) is 11.8 Å². The number of hydrogen-bond donors (Lipinski definition) is 1. The smallest absolute Gasteiger partial charge is 0.0471 e. The molecule has 0 fully saturated rings. The average molecular weight is 215 g/mol. The van der Waals surface area contributed by atoms with Crippen molar-refractivity contribution in [2.24, 2.45) is 5.11 Å². The fraction of sp³-hybridized carbons (Fsp3) is 0.333. The molecule has 1 N–H and O–H groups in total. The van der Waals surface area contributed by atoms with Crippen molar-refractivity contribution >= 4 is 0 Å². The molecule has 0 aliphatic heterocycles. The maximum atomic E-state index is 8.80. The van der Waals surface area contributed by atoms with Crippen LogP contribution in [0.3, 0.4) is 0 Å². The highest BCUT2D eigenvalue weighted by atomic mass is 16.2. The number of hydrogen-bond acceptors (Lipinski definition) is 2. The highest BCUT2D eigenvalue weighted by molar-refractivity contribution is 5.37. The van der Waals surface area contributed by atoms with Gasteiger partial charge in [0.25, 0.3) is 0 Å². The Morgan fingerprint density at radius 3 is 3.06 bits per heavy atom. The molecule has 0 spiro atoms. The van der Waals surface area contributed by atoms with Gasteiger partial charge in [0.15, 0.2) is 0 Å². The number of aliphatic hydroxyl groups excluding tert-OH is 1. The molecule has 0 atom stereocenters. The molecule has 82 valence electrons. The molecule has 0 aromatic heterocycles. The Morgan fingerprint density at radius 1 is 1.44 bits per heavy atom. The number of benzene rings is 1. The lowest BCUT2D eigenvalue weighted by atomic mass is 10.1. The molecule has 0 radical (unpaired) electrons. The van der Waals surface area contributed by atoms with E-state index in [1.807, 2.05) is 24.3 Å². The van der Waals surface area contributed by atoms with E-state index < -0.39 is 0 Å². The van der Waals surface area contributed by atoms with E-state index in [4.69, 9.17) is 10.6 Å². The van der Waals surface area contributed by atoms with Crippen LogP contribution in [0.15, 0.2) is 29.4 Å². The fourth-order valence-corrected chi connectivity index (χ4v) is 1.25. The third-order valence-electron chi connectivity index (χ3n) is 1.96. The Morgan fingerprint density at radius 2 is 2.31 bits per heavy atom. The summed E-state index contributed by atoms with van der Waals surface area (Å²) in [5.41, 5.74) is 10.1. The molecule has 1 rings (SSSR count). The van der Waals surface area contributed by atoms with Crippen molar-refractivity contribution < 1.29 is 5.11 Å². The zero-order valence-corrected chi connectivity index (χ0v) is 8.93. The zero-order chi connectivity index (χ0) is 11.6. The second-order valence-electron chi connectivity index (χ2n) is 3.18. The number of aliphatic hydroxyl groups is 1. The zero-order valence-electron chi connectivity index (χ0n) is 8.93. The molecule has 0 saturated heterocycles. The van der Waals surface area contributed by atoms with Crippen molar-refractivity contribution in [1.29, 1.82) is 0 Å². The summed E-state index contributed by atoms with van der Waals surface area (Å²) in [5, 5.41) is 12.2. The minimum atomic E-state index is 0.147. The largest absolute Gasteiger partial charge is 0.396 e. The summed E-state index contributed by atoms with van der Waals surface area (Å²) in [6.45, 7) is 0.549. The molecule has 0 unspecified atom stereocenters. The molecule has 16 heavy (non-hydrogen) atoms. The summed E-state index contributed by atoms with van der Waals surface area (Å²) in [7, 11) is 0. The monoisotopic (exact) mass is 215 g/mol. The van der Waals surface area contributed by atoms with Gasteiger partial charge in [0.1, 0.15) is 0 Å². The summed E-state index contributed by atoms with van der Waals surface area (Å²) in [5.74, 6) is 5.92. The van der Waals surface area contributed by atoms with Crippen LogP contribution in [0.2, 0.25) is 0 Å². The van der Waals surface area contributed by atoms with Crippen molar-refractivity contribution in [2.75, 3.05) is 13.2 Å². The summed E-state index contributed by atoms with van der Waals surface area (Å²) in [6, 6.07) is 7.75. The van der Waals surface area contributed by atoms with Crippen molar-refractivity contribution in [3.63, 3.8) is 0 Å². The van der Waals surface area contributed by atoms with Gasteiger partial charge in [-0.1, -0.05) is 29.1 Å². The van der Waals surface area contributed by atoms with E-state index in [1.54, 1.807) is 0 Å². The van der Waals surface area contributed by atoms with E-state index in [0.717, 1.165) is 11.1 Å². The molecule has 0 amide bonds. The molecule has 1 aromatic carbocycles. The fourth-order valence-electron chi connectivity index (χ4n) is 1.25. The van der Waals surface area contributed by atoms with Crippen molar-refractivity contribution in [2.45, 2.75) is 12.8 Å². The van der Waals surface area contributed by atoms with Gasteiger partial charge in [-0.2, -0.15) is 0 Å². The SMILES string of the molecule is [N-]=[N+]=NCCC#Cc1cccc(CCO)c1. The molecular weight excluding hydrogens is 202 g/mol. The normalized spacial score (nSPS) is 8.81. The second-order valence-corrected chi connectivity index (χ2v) is 3.18. The van der Waals surface area contributed by atoms with Gasteiger partial charge in [0, 0.05) is 30.0 Å². The average Bonchev–Trinajstić information content (AvgIpc) is 2.30. The first-order valence-corrected chi connectivity index (χ1v) is 5.06. The van der Waals surface area contributed by atoms with Crippen LogP contribution in [0.25, 0.3) is 10.4 Å². The first kappa shape index (κ1) is 12.1. The molecule has 0 bridgehead atoms. The Bertz CT molecular complexity index is 439. The third kappa shape index (κ3) is 4.52. The third-order valence-corrected chi connectivity index (χ3v) is 1.96. The molecule has 4 heteroatoms.